The predicted molar refractivity (Wildman–Crippen MR) is 88.2 cm³/mol. The van der Waals surface area contributed by atoms with E-state index in [0.717, 1.165) is 12.2 Å². The van der Waals surface area contributed by atoms with E-state index in [1.807, 2.05) is 11.8 Å². The molecule has 0 heterocycles. The first-order chi connectivity index (χ1) is 9.50. The number of aliphatic hydroxyl groups is 1. The van der Waals surface area contributed by atoms with Gasteiger partial charge in [0.1, 0.15) is 0 Å². The van der Waals surface area contributed by atoms with Crippen LogP contribution < -0.4 is 5.32 Å². The average Bonchev–Trinajstić information content (AvgIpc) is 3.20. The van der Waals surface area contributed by atoms with Crippen molar-refractivity contribution in [3.05, 3.63) is 35.4 Å². The molecule has 0 amide bonds. The molecule has 112 valence electrons. The summed E-state index contributed by atoms with van der Waals surface area (Å²) in [5.41, 5.74) is 2.59. The monoisotopic (exact) mass is 293 g/mol. The van der Waals surface area contributed by atoms with Crippen LogP contribution in [-0.2, 0) is 5.75 Å². The van der Waals surface area contributed by atoms with Crippen molar-refractivity contribution in [1.29, 1.82) is 0 Å². The van der Waals surface area contributed by atoms with E-state index >= 15 is 0 Å². The molecule has 0 aromatic heterocycles. The molecule has 20 heavy (non-hydrogen) atoms. The van der Waals surface area contributed by atoms with E-state index in [2.05, 4.69) is 50.4 Å². The molecular weight excluding hydrogens is 266 g/mol. The maximum Gasteiger partial charge on any atom is 0.0611 e. The minimum atomic E-state index is -0.125. The SMILES string of the molecule is Cc1cccc(CSC(C)CC(C)(CO)NC2CC2)c1. The largest absolute Gasteiger partial charge is 0.394 e. The Hall–Kier alpha value is -0.510. The molecule has 1 aromatic rings. The van der Waals surface area contributed by atoms with Crippen LogP contribution in [0.3, 0.4) is 0 Å². The van der Waals surface area contributed by atoms with Crippen molar-refractivity contribution in [2.75, 3.05) is 6.61 Å². The van der Waals surface area contributed by atoms with Crippen molar-refractivity contribution in [3.63, 3.8) is 0 Å². The first-order valence-electron chi connectivity index (χ1n) is 7.56. The minimum absolute atomic E-state index is 0.125. The van der Waals surface area contributed by atoms with Gasteiger partial charge < -0.3 is 10.4 Å². The van der Waals surface area contributed by atoms with Gasteiger partial charge >= 0.3 is 0 Å². The third-order valence-corrected chi connectivity index (χ3v) is 5.07. The molecule has 2 atom stereocenters. The van der Waals surface area contributed by atoms with Gasteiger partial charge in [-0.25, -0.2) is 0 Å². The number of thioether (sulfide) groups is 1. The van der Waals surface area contributed by atoms with E-state index in [-0.39, 0.29) is 12.1 Å². The average molecular weight is 293 g/mol. The Morgan fingerprint density at radius 1 is 1.45 bits per heavy atom. The van der Waals surface area contributed by atoms with Crippen molar-refractivity contribution in [2.45, 2.75) is 62.6 Å². The summed E-state index contributed by atoms with van der Waals surface area (Å²) in [5, 5.41) is 13.8. The van der Waals surface area contributed by atoms with Crippen molar-refractivity contribution in [3.8, 4) is 0 Å². The molecule has 0 saturated heterocycles. The van der Waals surface area contributed by atoms with Crippen LogP contribution in [-0.4, -0.2) is 28.5 Å². The van der Waals surface area contributed by atoms with Crippen LogP contribution in [0, 0.1) is 6.92 Å². The molecule has 2 rings (SSSR count). The summed E-state index contributed by atoms with van der Waals surface area (Å²) in [5.74, 6) is 1.05. The molecule has 0 spiro atoms. The van der Waals surface area contributed by atoms with Gasteiger partial charge in [-0.2, -0.15) is 11.8 Å². The summed E-state index contributed by atoms with van der Waals surface area (Å²) in [7, 11) is 0. The molecule has 1 aliphatic carbocycles. The molecular formula is C17H27NOS. The predicted octanol–water partition coefficient (Wildman–Crippen LogP) is 3.51. The summed E-state index contributed by atoms with van der Waals surface area (Å²) in [6, 6.07) is 9.36. The van der Waals surface area contributed by atoms with Crippen LogP contribution in [0.5, 0.6) is 0 Å². The highest BCUT2D eigenvalue weighted by Gasteiger charge is 2.33. The molecule has 0 radical (unpaired) electrons. The molecule has 1 saturated carbocycles. The molecule has 3 heteroatoms. The second-order valence-electron chi connectivity index (χ2n) is 6.45. The number of nitrogens with one attached hydrogen (secondary N) is 1. The number of rotatable bonds is 8. The van der Waals surface area contributed by atoms with Crippen LogP contribution in [0.1, 0.15) is 44.2 Å². The van der Waals surface area contributed by atoms with Crippen molar-refractivity contribution >= 4 is 11.8 Å². The van der Waals surface area contributed by atoms with Gasteiger partial charge in [0.2, 0.25) is 0 Å². The second-order valence-corrected chi connectivity index (χ2v) is 7.88. The van der Waals surface area contributed by atoms with E-state index in [1.54, 1.807) is 0 Å². The van der Waals surface area contributed by atoms with Gasteiger partial charge in [0.15, 0.2) is 0 Å². The Labute approximate surface area is 127 Å². The first kappa shape index (κ1) is 15.9. The minimum Gasteiger partial charge on any atom is -0.394 e. The number of benzene rings is 1. The summed E-state index contributed by atoms with van der Waals surface area (Å²) >= 11 is 1.98. The lowest BCUT2D eigenvalue weighted by molar-refractivity contribution is 0.164. The van der Waals surface area contributed by atoms with E-state index < -0.39 is 0 Å². The van der Waals surface area contributed by atoms with E-state index in [4.69, 9.17) is 0 Å². The Morgan fingerprint density at radius 3 is 2.80 bits per heavy atom. The molecule has 1 aromatic carbocycles. The molecule has 2 N–H and O–H groups in total. The van der Waals surface area contributed by atoms with Crippen LogP contribution in [0.25, 0.3) is 0 Å². The zero-order valence-electron chi connectivity index (χ0n) is 12.9. The van der Waals surface area contributed by atoms with Crippen molar-refractivity contribution in [1.82, 2.24) is 5.32 Å². The van der Waals surface area contributed by atoms with Gasteiger partial charge in [-0.3, -0.25) is 0 Å². The molecule has 1 fully saturated rings. The lowest BCUT2D eigenvalue weighted by atomic mass is 9.97. The van der Waals surface area contributed by atoms with Gasteiger partial charge in [0, 0.05) is 22.6 Å². The Balaban J connectivity index is 1.80. The number of aliphatic hydroxyl groups excluding tert-OH is 1. The molecule has 1 aliphatic rings. The van der Waals surface area contributed by atoms with E-state index in [9.17, 15) is 5.11 Å². The highest BCUT2D eigenvalue weighted by Crippen LogP contribution is 2.29. The third kappa shape index (κ3) is 5.12. The van der Waals surface area contributed by atoms with Gasteiger partial charge in [0.25, 0.3) is 0 Å². The van der Waals surface area contributed by atoms with Crippen LogP contribution in [0.2, 0.25) is 0 Å². The zero-order chi connectivity index (χ0) is 14.6. The summed E-state index contributed by atoms with van der Waals surface area (Å²) in [4.78, 5) is 0. The zero-order valence-corrected chi connectivity index (χ0v) is 13.7. The third-order valence-electron chi connectivity index (χ3n) is 3.83. The summed E-state index contributed by atoms with van der Waals surface area (Å²) < 4.78 is 0. The molecule has 0 bridgehead atoms. The highest BCUT2D eigenvalue weighted by atomic mass is 32.2. The highest BCUT2D eigenvalue weighted by molar-refractivity contribution is 7.99. The fourth-order valence-corrected chi connectivity index (χ4v) is 3.77. The van der Waals surface area contributed by atoms with Gasteiger partial charge in [0.05, 0.1) is 6.61 Å². The van der Waals surface area contributed by atoms with Gasteiger partial charge in [-0.1, -0.05) is 36.8 Å². The number of hydrogen-bond donors (Lipinski definition) is 2. The maximum atomic E-state index is 9.66. The Kier molecular flexibility index (Phi) is 5.53. The molecule has 2 nitrogen and oxygen atoms in total. The van der Waals surface area contributed by atoms with Gasteiger partial charge in [-0.05, 0) is 38.7 Å². The number of hydrogen-bond acceptors (Lipinski definition) is 3. The smallest absolute Gasteiger partial charge is 0.0611 e. The second kappa shape index (κ2) is 6.97. The van der Waals surface area contributed by atoms with Crippen molar-refractivity contribution < 1.29 is 5.11 Å². The van der Waals surface area contributed by atoms with E-state index in [1.165, 1.54) is 24.0 Å². The first-order valence-corrected chi connectivity index (χ1v) is 8.61. The summed E-state index contributed by atoms with van der Waals surface area (Å²) in [6.45, 7) is 6.77. The fourth-order valence-electron chi connectivity index (χ4n) is 2.62. The standard InChI is InChI=1S/C17H27NOS/c1-13-5-4-6-15(9-13)11-20-14(2)10-17(3,12-19)18-16-7-8-16/h4-6,9,14,16,18-19H,7-8,10-12H2,1-3H3. The van der Waals surface area contributed by atoms with Gasteiger partial charge in [-0.15, -0.1) is 0 Å². The fraction of sp³-hybridized carbons (Fsp3) is 0.647. The number of aryl methyl sites for hydroxylation is 1. The molecule has 2 unspecified atom stereocenters. The Bertz CT molecular complexity index is 433. The van der Waals surface area contributed by atoms with Crippen LogP contribution in [0.4, 0.5) is 0 Å². The topological polar surface area (TPSA) is 32.3 Å². The van der Waals surface area contributed by atoms with Crippen LogP contribution in [0.15, 0.2) is 24.3 Å². The Morgan fingerprint density at radius 2 is 2.20 bits per heavy atom. The van der Waals surface area contributed by atoms with Crippen molar-refractivity contribution in [2.24, 2.45) is 0 Å². The van der Waals surface area contributed by atoms with E-state index in [0.29, 0.717) is 11.3 Å². The van der Waals surface area contributed by atoms with Crippen LogP contribution >= 0.6 is 11.8 Å². The lowest BCUT2D eigenvalue weighted by Gasteiger charge is -2.31. The maximum absolute atomic E-state index is 9.66. The normalized spacial score (nSPS) is 19.6. The quantitative estimate of drug-likeness (QED) is 0.769. The summed E-state index contributed by atoms with van der Waals surface area (Å²) in [6.07, 6.45) is 3.54. The molecule has 0 aliphatic heterocycles. The lowest BCUT2D eigenvalue weighted by Crippen LogP contribution is -2.48.